The highest BCUT2D eigenvalue weighted by Gasteiger charge is 2.41. The number of alkyl halides is 3. The molecule has 142 valence electrons. The minimum Gasteiger partial charge on any atom is -0.334 e. The zero-order chi connectivity index (χ0) is 19.9. The van der Waals surface area contributed by atoms with Crippen molar-refractivity contribution in [1.29, 1.82) is 0 Å². The topological polar surface area (TPSA) is 20.3 Å². The van der Waals surface area contributed by atoms with E-state index in [2.05, 4.69) is 0 Å². The number of fused-ring (bicyclic) bond motifs is 1. The number of amides is 1. The van der Waals surface area contributed by atoms with E-state index in [-0.39, 0.29) is 5.91 Å². The van der Waals surface area contributed by atoms with Gasteiger partial charge in [0.25, 0.3) is 5.91 Å². The normalized spacial score (nSPS) is 19.4. The highest BCUT2D eigenvalue weighted by Crippen LogP contribution is 2.46. The van der Waals surface area contributed by atoms with E-state index in [0.717, 1.165) is 23.3 Å². The van der Waals surface area contributed by atoms with Crippen LogP contribution in [0.2, 0.25) is 0 Å². The van der Waals surface area contributed by atoms with Gasteiger partial charge in [-0.1, -0.05) is 60.7 Å². The first-order chi connectivity index (χ1) is 13.4. The molecule has 4 rings (SSSR count). The lowest BCUT2D eigenvalue weighted by molar-refractivity contribution is -0.137. The molecule has 0 saturated carbocycles. The fraction of sp³-hybridized carbons (Fsp3) is 0.174. The summed E-state index contributed by atoms with van der Waals surface area (Å²) >= 11 is 0. The molecule has 1 aliphatic rings. The zero-order valence-electron chi connectivity index (χ0n) is 15.1. The molecule has 2 atom stereocenters. The zero-order valence-corrected chi connectivity index (χ0v) is 15.1. The molecular formula is C23H18F3NO. The molecule has 0 aromatic heterocycles. The summed E-state index contributed by atoms with van der Waals surface area (Å²) in [7, 11) is 1.70. The first kappa shape index (κ1) is 18.3. The SMILES string of the molecule is CN1C(=O)c2ccc(C(F)(F)F)cc2[C@H](c2ccccc2)[C@@H]1c1ccccc1. The number of nitrogens with zero attached hydrogens (tertiary/aromatic N) is 1. The molecule has 0 spiro atoms. The van der Waals surface area contributed by atoms with Crippen LogP contribution in [0.3, 0.4) is 0 Å². The lowest BCUT2D eigenvalue weighted by atomic mass is 9.75. The summed E-state index contributed by atoms with van der Waals surface area (Å²) < 4.78 is 40.2. The van der Waals surface area contributed by atoms with Crippen LogP contribution >= 0.6 is 0 Å². The fourth-order valence-corrected chi connectivity index (χ4v) is 3.99. The van der Waals surface area contributed by atoms with E-state index in [0.29, 0.717) is 11.1 Å². The predicted molar refractivity (Wildman–Crippen MR) is 101 cm³/mol. The third kappa shape index (κ3) is 3.07. The fourth-order valence-electron chi connectivity index (χ4n) is 3.99. The number of carbonyl (C=O) groups is 1. The molecule has 2 nitrogen and oxygen atoms in total. The Labute approximate surface area is 161 Å². The first-order valence-corrected chi connectivity index (χ1v) is 8.96. The van der Waals surface area contributed by atoms with E-state index in [1.54, 1.807) is 11.9 Å². The highest BCUT2D eigenvalue weighted by molar-refractivity contribution is 5.98. The molecular weight excluding hydrogens is 363 g/mol. The van der Waals surface area contributed by atoms with Crippen molar-refractivity contribution in [3.8, 4) is 0 Å². The summed E-state index contributed by atoms with van der Waals surface area (Å²) in [5.74, 6) is -0.673. The Bertz CT molecular complexity index is 999. The molecule has 0 unspecified atom stereocenters. The minimum absolute atomic E-state index is 0.273. The van der Waals surface area contributed by atoms with Gasteiger partial charge in [0.05, 0.1) is 11.6 Å². The van der Waals surface area contributed by atoms with Crippen molar-refractivity contribution >= 4 is 5.91 Å². The number of likely N-dealkylation sites (N-methyl/N-ethyl adjacent to an activating group) is 1. The smallest absolute Gasteiger partial charge is 0.334 e. The summed E-state index contributed by atoms with van der Waals surface area (Å²) in [6.45, 7) is 0. The van der Waals surface area contributed by atoms with E-state index >= 15 is 0 Å². The van der Waals surface area contributed by atoms with Gasteiger partial charge < -0.3 is 4.90 Å². The van der Waals surface area contributed by atoms with Crippen molar-refractivity contribution in [2.24, 2.45) is 0 Å². The lowest BCUT2D eigenvalue weighted by Crippen LogP contribution is -2.40. The van der Waals surface area contributed by atoms with E-state index in [1.807, 2.05) is 60.7 Å². The van der Waals surface area contributed by atoms with Crippen LogP contribution < -0.4 is 0 Å². The van der Waals surface area contributed by atoms with Crippen molar-refractivity contribution in [2.75, 3.05) is 7.05 Å². The number of benzene rings is 3. The number of halogens is 3. The monoisotopic (exact) mass is 381 g/mol. The predicted octanol–water partition coefficient (Wildman–Crippen LogP) is 5.66. The molecule has 5 heteroatoms. The summed E-state index contributed by atoms with van der Waals surface area (Å²) in [4.78, 5) is 14.6. The molecule has 3 aromatic carbocycles. The summed E-state index contributed by atoms with van der Waals surface area (Å²) in [5, 5.41) is 0. The third-order valence-corrected chi connectivity index (χ3v) is 5.30. The number of carbonyl (C=O) groups excluding carboxylic acids is 1. The maximum absolute atomic E-state index is 13.4. The van der Waals surface area contributed by atoms with Crippen molar-refractivity contribution in [3.05, 3.63) is 107 Å². The number of rotatable bonds is 2. The molecule has 1 heterocycles. The number of hydrogen-bond acceptors (Lipinski definition) is 1. The Kier molecular flexibility index (Phi) is 4.46. The molecule has 28 heavy (non-hydrogen) atoms. The van der Waals surface area contributed by atoms with E-state index < -0.39 is 23.7 Å². The van der Waals surface area contributed by atoms with Crippen LogP contribution in [0, 0.1) is 0 Å². The Balaban J connectivity index is 1.98. The van der Waals surface area contributed by atoms with Crippen molar-refractivity contribution in [3.63, 3.8) is 0 Å². The maximum atomic E-state index is 13.4. The summed E-state index contributed by atoms with van der Waals surface area (Å²) in [5.41, 5.74) is 1.75. The Hall–Kier alpha value is -3.08. The molecule has 0 bridgehead atoms. The van der Waals surface area contributed by atoms with Gasteiger partial charge in [-0.2, -0.15) is 13.2 Å². The molecule has 0 fully saturated rings. The van der Waals surface area contributed by atoms with Gasteiger partial charge in [0.15, 0.2) is 0 Å². The van der Waals surface area contributed by atoms with Crippen molar-refractivity contribution in [1.82, 2.24) is 4.90 Å². The molecule has 1 amide bonds. The molecule has 0 saturated heterocycles. The standard InChI is InChI=1S/C23H18F3NO/c1-27-21(16-10-6-3-7-11-16)20(15-8-4-2-5-9-15)19-14-17(23(24,25)26)12-13-18(19)22(27)28/h2-14,20-21H,1H3/t20-,21-/m0/s1. The first-order valence-electron chi connectivity index (χ1n) is 8.96. The van der Waals surface area contributed by atoms with Gasteiger partial charge in [0, 0.05) is 18.5 Å². The van der Waals surface area contributed by atoms with Crippen LogP contribution in [-0.2, 0) is 6.18 Å². The molecule has 3 aromatic rings. The van der Waals surface area contributed by atoms with Crippen LogP contribution in [0.5, 0.6) is 0 Å². The Morgan fingerprint density at radius 2 is 1.39 bits per heavy atom. The van der Waals surface area contributed by atoms with Crippen LogP contribution in [-0.4, -0.2) is 17.9 Å². The van der Waals surface area contributed by atoms with Crippen LogP contribution in [0.15, 0.2) is 78.9 Å². The van der Waals surface area contributed by atoms with E-state index in [4.69, 9.17) is 0 Å². The van der Waals surface area contributed by atoms with Gasteiger partial charge in [-0.3, -0.25) is 4.79 Å². The van der Waals surface area contributed by atoms with Gasteiger partial charge in [-0.05, 0) is 34.9 Å². The van der Waals surface area contributed by atoms with E-state index in [1.165, 1.54) is 6.07 Å². The highest BCUT2D eigenvalue weighted by atomic mass is 19.4. The molecule has 0 radical (unpaired) electrons. The summed E-state index contributed by atoms with van der Waals surface area (Å²) in [6, 6.07) is 21.8. The van der Waals surface area contributed by atoms with Gasteiger partial charge in [-0.25, -0.2) is 0 Å². The largest absolute Gasteiger partial charge is 0.416 e. The lowest BCUT2D eigenvalue weighted by Gasteiger charge is -2.41. The minimum atomic E-state index is -4.47. The van der Waals surface area contributed by atoms with Crippen LogP contribution in [0.4, 0.5) is 13.2 Å². The Morgan fingerprint density at radius 1 is 0.821 bits per heavy atom. The second kappa shape index (κ2) is 6.82. The van der Waals surface area contributed by atoms with Crippen molar-refractivity contribution < 1.29 is 18.0 Å². The molecule has 1 aliphatic heterocycles. The van der Waals surface area contributed by atoms with E-state index in [9.17, 15) is 18.0 Å². The van der Waals surface area contributed by atoms with Gasteiger partial charge in [0.2, 0.25) is 0 Å². The molecule has 0 N–H and O–H groups in total. The van der Waals surface area contributed by atoms with Gasteiger partial charge in [-0.15, -0.1) is 0 Å². The van der Waals surface area contributed by atoms with Crippen LogP contribution in [0.25, 0.3) is 0 Å². The van der Waals surface area contributed by atoms with Gasteiger partial charge in [0.1, 0.15) is 0 Å². The Morgan fingerprint density at radius 3 is 1.96 bits per heavy atom. The van der Waals surface area contributed by atoms with Crippen LogP contribution in [0.1, 0.15) is 44.6 Å². The van der Waals surface area contributed by atoms with Crippen molar-refractivity contribution in [2.45, 2.75) is 18.1 Å². The summed E-state index contributed by atoms with van der Waals surface area (Å²) in [6.07, 6.45) is -4.47. The quantitative estimate of drug-likeness (QED) is 0.561. The molecule has 0 aliphatic carbocycles. The second-order valence-corrected chi connectivity index (χ2v) is 6.96. The second-order valence-electron chi connectivity index (χ2n) is 6.96. The third-order valence-electron chi connectivity index (χ3n) is 5.30. The maximum Gasteiger partial charge on any atom is 0.416 e. The van der Waals surface area contributed by atoms with Gasteiger partial charge >= 0.3 is 6.18 Å². The average Bonchev–Trinajstić information content (AvgIpc) is 2.70. The average molecular weight is 381 g/mol. The number of hydrogen-bond donors (Lipinski definition) is 0.